The molecule has 0 aliphatic heterocycles. The largest absolute Gasteiger partial charge is 0.326 e. The molecule has 2 heteroatoms. The predicted molar refractivity (Wildman–Crippen MR) is 84.3 cm³/mol. The molecule has 0 heterocycles. The SMILES string of the molecule is CCc1ccc2c3c(cc(NC(C)=O)c2c1)CCCC3. The van der Waals surface area contributed by atoms with Crippen LogP contribution in [0.25, 0.3) is 10.8 Å². The Balaban J connectivity index is 2.26. The van der Waals surface area contributed by atoms with E-state index in [9.17, 15) is 4.79 Å². The van der Waals surface area contributed by atoms with Crippen LogP contribution in [0.5, 0.6) is 0 Å². The zero-order chi connectivity index (χ0) is 14.1. The summed E-state index contributed by atoms with van der Waals surface area (Å²) >= 11 is 0. The van der Waals surface area contributed by atoms with E-state index in [0.717, 1.165) is 24.9 Å². The zero-order valence-corrected chi connectivity index (χ0v) is 12.3. The molecule has 0 aromatic heterocycles. The molecule has 1 aliphatic carbocycles. The molecule has 104 valence electrons. The molecular weight excluding hydrogens is 246 g/mol. The number of carbonyl (C=O) groups excluding carboxylic acids is 1. The van der Waals surface area contributed by atoms with Crippen molar-refractivity contribution in [3.63, 3.8) is 0 Å². The highest BCUT2D eigenvalue weighted by atomic mass is 16.1. The van der Waals surface area contributed by atoms with Crippen LogP contribution in [0, 0.1) is 0 Å². The van der Waals surface area contributed by atoms with E-state index < -0.39 is 0 Å². The van der Waals surface area contributed by atoms with Crippen LogP contribution in [0.3, 0.4) is 0 Å². The number of benzene rings is 2. The Morgan fingerprint density at radius 2 is 1.95 bits per heavy atom. The van der Waals surface area contributed by atoms with E-state index in [1.165, 1.54) is 40.3 Å². The highest BCUT2D eigenvalue weighted by Gasteiger charge is 2.16. The maximum Gasteiger partial charge on any atom is 0.221 e. The molecule has 0 fully saturated rings. The van der Waals surface area contributed by atoms with Gasteiger partial charge in [0.05, 0.1) is 0 Å². The summed E-state index contributed by atoms with van der Waals surface area (Å²) in [5, 5.41) is 5.53. The first-order valence-electron chi connectivity index (χ1n) is 7.54. The summed E-state index contributed by atoms with van der Waals surface area (Å²) in [6.07, 6.45) is 5.85. The van der Waals surface area contributed by atoms with Gasteiger partial charge >= 0.3 is 0 Å². The molecule has 1 N–H and O–H groups in total. The van der Waals surface area contributed by atoms with Gasteiger partial charge in [-0.1, -0.05) is 19.1 Å². The van der Waals surface area contributed by atoms with Gasteiger partial charge in [0.1, 0.15) is 0 Å². The van der Waals surface area contributed by atoms with E-state index in [4.69, 9.17) is 0 Å². The predicted octanol–water partition coefficient (Wildman–Crippen LogP) is 4.24. The summed E-state index contributed by atoms with van der Waals surface area (Å²) < 4.78 is 0. The highest BCUT2D eigenvalue weighted by Crippen LogP contribution is 2.35. The summed E-state index contributed by atoms with van der Waals surface area (Å²) in [4.78, 5) is 11.5. The van der Waals surface area contributed by atoms with Crippen LogP contribution in [-0.4, -0.2) is 5.91 Å². The van der Waals surface area contributed by atoms with E-state index in [1.807, 2.05) is 0 Å². The highest BCUT2D eigenvalue weighted by molar-refractivity contribution is 6.03. The van der Waals surface area contributed by atoms with Crippen LogP contribution in [0.4, 0.5) is 5.69 Å². The number of carbonyl (C=O) groups is 1. The van der Waals surface area contributed by atoms with Gasteiger partial charge < -0.3 is 5.32 Å². The monoisotopic (exact) mass is 267 g/mol. The Hall–Kier alpha value is -1.83. The van der Waals surface area contributed by atoms with Gasteiger partial charge in [-0.3, -0.25) is 4.79 Å². The summed E-state index contributed by atoms with van der Waals surface area (Å²) in [6, 6.07) is 8.88. The molecular formula is C18H21NO. The number of nitrogens with one attached hydrogen (secondary N) is 1. The molecule has 0 radical (unpaired) electrons. The number of amides is 1. The molecule has 2 aromatic carbocycles. The average Bonchev–Trinajstić information content (AvgIpc) is 2.46. The minimum atomic E-state index is 0.00367. The lowest BCUT2D eigenvalue weighted by molar-refractivity contribution is -0.114. The fourth-order valence-corrected chi connectivity index (χ4v) is 3.24. The molecule has 1 aliphatic rings. The number of rotatable bonds is 2. The second kappa shape index (κ2) is 5.28. The van der Waals surface area contributed by atoms with Crippen molar-refractivity contribution in [3.8, 4) is 0 Å². The quantitative estimate of drug-likeness (QED) is 0.866. The van der Waals surface area contributed by atoms with Gasteiger partial charge in [0.15, 0.2) is 0 Å². The molecule has 1 amide bonds. The van der Waals surface area contributed by atoms with Crippen LogP contribution in [0.15, 0.2) is 24.3 Å². The summed E-state index contributed by atoms with van der Waals surface area (Å²) in [5.41, 5.74) is 5.20. The van der Waals surface area contributed by atoms with Crippen LogP contribution in [0.1, 0.15) is 43.4 Å². The van der Waals surface area contributed by atoms with E-state index in [2.05, 4.69) is 36.5 Å². The first kappa shape index (κ1) is 13.2. The number of aryl methyl sites for hydroxylation is 3. The minimum absolute atomic E-state index is 0.00367. The van der Waals surface area contributed by atoms with Crippen molar-refractivity contribution in [2.24, 2.45) is 0 Å². The number of fused-ring (bicyclic) bond motifs is 3. The second-order valence-electron chi connectivity index (χ2n) is 5.68. The van der Waals surface area contributed by atoms with Gasteiger partial charge in [0.25, 0.3) is 0 Å². The molecule has 0 saturated heterocycles. The van der Waals surface area contributed by atoms with Gasteiger partial charge in [-0.15, -0.1) is 0 Å². The summed E-state index contributed by atoms with van der Waals surface area (Å²) in [7, 11) is 0. The maximum atomic E-state index is 11.5. The van der Waals surface area contributed by atoms with Crippen molar-refractivity contribution in [3.05, 3.63) is 41.0 Å². The topological polar surface area (TPSA) is 29.1 Å². The molecule has 2 aromatic rings. The average molecular weight is 267 g/mol. The van der Waals surface area contributed by atoms with Gasteiger partial charge in [0, 0.05) is 18.0 Å². The van der Waals surface area contributed by atoms with Crippen molar-refractivity contribution in [2.75, 3.05) is 5.32 Å². The molecule has 20 heavy (non-hydrogen) atoms. The van der Waals surface area contributed by atoms with E-state index in [-0.39, 0.29) is 5.91 Å². The lowest BCUT2D eigenvalue weighted by Gasteiger charge is -2.21. The third-order valence-electron chi connectivity index (χ3n) is 4.25. The Bertz CT molecular complexity index is 673. The lowest BCUT2D eigenvalue weighted by atomic mass is 9.86. The Morgan fingerprint density at radius 3 is 2.70 bits per heavy atom. The van der Waals surface area contributed by atoms with E-state index >= 15 is 0 Å². The minimum Gasteiger partial charge on any atom is -0.326 e. The lowest BCUT2D eigenvalue weighted by Crippen LogP contribution is -2.10. The van der Waals surface area contributed by atoms with Crippen molar-refractivity contribution in [1.29, 1.82) is 0 Å². The molecule has 0 saturated carbocycles. The van der Waals surface area contributed by atoms with Crippen LogP contribution in [0.2, 0.25) is 0 Å². The fourth-order valence-electron chi connectivity index (χ4n) is 3.24. The van der Waals surface area contributed by atoms with Crippen LogP contribution in [-0.2, 0) is 24.1 Å². The third kappa shape index (κ3) is 2.31. The number of anilines is 1. The number of hydrogen-bond donors (Lipinski definition) is 1. The summed E-state index contributed by atoms with van der Waals surface area (Å²) in [5.74, 6) is 0.00367. The second-order valence-corrected chi connectivity index (χ2v) is 5.68. The van der Waals surface area contributed by atoms with Crippen molar-refractivity contribution >= 4 is 22.4 Å². The standard InChI is InChI=1S/C18H21NO/c1-3-13-8-9-16-15-7-5-4-6-14(15)11-18(17(16)10-13)19-12(2)20/h8-11H,3-7H2,1-2H3,(H,19,20). The molecule has 0 spiro atoms. The Kier molecular flexibility index (Phi) is 3.47. The van der Waals surface area contributed by atoms with E-state index in [0.29, 0.717) is 0 Å². The molecule has 0 atom stereocenters. The van der Waals surface area contributed by atoms with Gasteiger partial charge in [0.2, 0.25) is 5.91 Å². The van der Waals surface area contributed by atoms with Crippen molar-refractivity contribution in [1.82, 2.24) is 0 Å². The van der Waals surface area contributed by atoms with Gasteiger partial charge in [-0.2, -0.15) is 0 Å². The molecule has 0 bridgehead atoms. The molecule has 2 nitrogen and oxygen atoms in total. The zero-order valence-electron chi connectivity index (χ0n) is 12.3. The Labute approximate surface area is 120 Å². The fraction of sp³-hybridized carbons (Fsp3) is 0.389. The first-order valence-corrected chi connectivity index (χ1v) is 7.54. The third-order valence-corrected chi connectivity index (χ3v) is 4.25. The van der Waals surface area contributed by atoms with Gasteiger partial charge in [-0.05, 0) is 66.3 Å². The number of hydrogen-bond acceptors (Lipinski definition) is 1. The van der Waals surface area contributed by atoms with Crippen molar-refractivity contribution < 1.29 is 4.79 Å². The van der Waals surface area contributed by atoms with Gasteiger partial charge in [-0.25, -0.2) is 0 Å². The molecule has 0 unspecified atom stereocenters. The smallest absolute Gasteiger partial charge is 0.221 e. The van der Waals surface area contributed by atoms with Crippen LogP contribution >= 0.6 is 0 Å². The van der Waals surface area contributed by atoms with Crippen LogP contribution < -0.4 is 5.32 Å². The van der Waals surface area contributed by atoms with E-state index in [1.54, 1.807) is 6.92 Å². The summed E-state index contributed by atoms with van der Waals surface area (Å²) in [6.45, 7) is 3.74. The maximum absolute atomic E-state index is 11.5. The normalized spacial score (nSPS) is 14.1. The Morgan fingerprint density at radius 1 is 1.15 bits per heavy atom. The first-order chi connectivity index (χ1) is 9.69. The molecule has 3 rings (SSSR count). The van der Waals surface area contributed by atoms with Crippen molar-refractivity contribution in [2.45, 2.75) is 46.0 Å².